The summed E-state index contributed by atoms with van der Waals surface area (Å²) < 4.78 is 79.1. The van der Waals surface area contributed by atoms with Gasteiger partial charge in [0.15, 0.2) is 23.3 Å². The number of hydrogen-bond donors (Lipinski definition) is 1. The van der Waals surface area contributed by atoms with Gasteiger partial charge < -0.3 is 5.11 Å². The molecule has 1 aromatic carbocycles. The van der Waals surface area contributed by atoms with Crippen molar-refractivity contribution < 1.29 is 35.9 Å². The molecule has 0 atom stereocenters. The second-order valence-corrected chi connectivity index (χ2v) is 8.04. The lowest BCUT2D eigenvalue weighted by Crippen LogP contribution is -2.36. The highest BCUT2D eigenvalue weighted by atomic mass is 79.9. The zero-order valence-corrected chi connectivity index (χ0v) is 16.0. The first kappa shape index (κ1) is 21.5. The Kier molecular flexibility index (Phi) is 6.45. The summed E-state index contributed by atoms with van der Waals surface area (Å²) in [5.41, 5.74) is 0.0450. The number of aromatic nitrogens is 1. The second-order valence-electron chi connectivity index (χ2n) is 5.02. The maximum atomic E-state index is 14.1. The van der Waals surface area contributed by atoms with E-state index >= 15 is 0 Å². The van der Waals surface area contributed by atoms with Crippen LogP contribution in [0.3, 0.4) is 0 Å². The lowest BCUT2D eigenvalue weighted by Gasteiger charge is -2.22. The van der Waals surface area contributed by atoms with Crippen molar-refractivity contribution in [1.29, 1.82) is 0 Å². The molecule has 0 aliphatic rings. The molecule has 13 heteroatoms. The first-order chi connectivity index (χ1) is 12.5. The summed E-state index contributed by atoms with van der Waals surface area (Å²) in [5, 5.41) is 8.80. The summed E-state index contributed by atoms with van der Waals surface area (Å²) in [5.74, 6) is -10.4. The van der Waals surface area contributed by atoms with Gasteiger partial charge in [0.1, 0.15) is 16.6 Å². The molecular formula is C14H8BrClF4N2O4S. The Bertz CT molecular complexity index is 993. The summed E-state index contributed by atoms with van der Waals surface area (Å²) in [4.78, 5) is 13.2. The number of sulfonamides is 1. The summed E-state index contributed by atoms with van der Waals surface area (Å²) in [6, 6.07) is 2.69. The normalized spacial score (nSPS) is 11.8. The molecule has 0 fully saturated rings. The van der Waals surface area contributed by atoms with Crippen LogP contribution in [0.4, 0.5) is 17.6 Å². The first-order valence-electron chi connectivity index (χ1n) is 6.81. The standard InChI is InChI=1S/C14H8BrClF4N2O4S/c15-8-9(17)10(18)11(19)12(20)13(8)27(25,26)22(5-7(23)24)4-6-2-1-3-21-14(6)16/h1-3H,4-5H2,(H,23,24). The van der Waals surface area contributed by atoms with Crippen molar-refractivity contribution in [2.75, 3.05) is 6.54 Å². The van der Waals surface area contributed by atoms with Gasteiger partial charge >= 0.3 is 5.97 Å². The van der Waals surface area contributed by atoms with Gasteiger partial charge in [-0.1, -0.05) is 17.7 Å². The predicted molar refractivity (Wildman–Crippen MR) is 88.5 cm³/mol. The molecule has 146 valence electrons. The fraction of sp³-hybridized carbons (Fsp3) is 0.143. The molecule has 0 bridgehead atoms. The van der Waals surface area contributed by atoms with E-state index in [1.54, 1.807) is 0 Å². The Balaban J connectivity index is 2.65. The van der Waals surface area contributed by atoms with E-state index in [2.05, 4.69) is 20.9 Å². The minimum Gasteiger partial charge on any atom is -0.480 e. The molecule has 0 amide bonds. The number of carboxylic acids is 1. The van der Waals surface area contributed by atoms with E-state index in [-0.39, 0.29) is 15.0 Å². The van der Waals surface area contributed by atoms with Gasteiger partial charge in [0.25, 0.3) is 0 Å². The van der Waals surface area contributed by atoms with Gasteiger partial charge in [-0.15, -0.1) is 0 Å². The monoisotopic (exact) mass is 490 g/mol. The zero-order valence-electron chi connectivity index (χ0n) is 12.9. The van der Waals surface area contributed by atoms with Gasteiger partial charge in [0.2, 0.25) is 10.0 Å². The summed E-state index contributed by atoms with van der Waals surface area (Å²) >= 11 is 8.17. The SMILES string of the molecule is O=C(O)CN(Cc1cccnc1Cl)S(=O)(=O)c1c(F)c(F)c(F)c(F)c1Br. The largest absolute Gasteiger partial charge is 0.480 e. The average Bonchev–Trinajstić information content (AvgIpc) is 2.59. The van der Waals surface area contributed by atoms with Gasteiger partial charge in [0, 0.05) is 18.3 Å². The van der Waals surface area contributed by atoms with Crippen LogP contribution in [-0.4, -0.2) is 35.3 Å². The summed E-state index contributed by atoms with van der Waals surface area (Å²) in [6.07, 6.45) is 1.28. The number of carboxylic acid groups (broad SMARTS) is 1. The molecule has 0 unspecified atom stereocenters. The van der Waals surface area contributed by atoms with Crippen LogP contribution in [0.2, 0.25) is 5.15 Å². The molecule has 2 rings (SSSR count). The third-order valence-electron chi connectivity index (χ3n) is 3.26. The van der Waals surface area contributed by atoms with Crippen molar-refractivity contribution in [2.45, 2.75) is 11.4 Å². The van der Waals surface area contributed by atoms with Crippen LogP contribution < -0.4 is 0 Å². The number of aliphatic carboxylic acids is 1. The van der Waals surface area contributed by atoms with Crippen LogP contribution in [-0.2, 0) is 21.4 Å². The quantitative estimate of drug-likeness (QED) is 0.290. The molecular weight excluding hydrogens is 484 g/mol. The van der Waals surface area contributed by atoms with Crippen LogP contribution >= 0.6 is 27.5 Å². The fourth-order valence-electron chi connectivity index (χ4n) is 2.04. The predicted octanol–water partition coefficient (Wildman–Crippen LogP) is 3.33. The van der Waals surface area contributed by atoms with Crippen molar-refractivity contribution in [3.05, 3.63) is 56.8 Å². The van der Waals surface area contributed by atoms with Crippen LogP contribution in [0.1, 0.15) is 5.56 Å². The van der Waals surface area contributed by atoms with Crippen molar-refractivity contribution in [2.24, 2.45) is 0 Å². The third-order valence-corrected chi connectivity index (χ3v) is 6.45. The average molecular weight is 492 g/mol. The molecule has 27 heavy (non-hydrogen) atoms. The Labute approximate surface area is 163 Å². The van der Waals surface area contributed by atoms with E-state index in [1.165, 1.54) is 18.3 Å². The Hall–Kier alpha value is -1.76. The number of nitrogens with zero attached hydrogens (tertiary/aromatic N) is 2. The molecule has 0 aliphatic heterocycles. The van der Waals surface area contributed by atoms with Crippen molar-refractivity contribution in [3.63, 3.8) is 0 Å². The number of benzene rings is 1. The molecule has 1 N–H and O–H groups in total. The van der Waals surface area contributed by atoms with Gasteiger partial charge in [-0.05, 0) is 22.0 Å². The van der Waals surface area contributed by atoms with E-state index in [4.69, 9.17) is 16.7 Å². The minimum atomic E-state index is -5.14. The van der Waals surface area contributed by atoms with Crippen molar-refractivity contribution >= 4 is 43.5 Å². The van der Waals surface area contributed by atoms with E-state index in [0.717, 1.165) is 0 Å². The molecule has 0 radical (unpaired) electrons. The van der Waals surface area contributed by atoms with Crippen LogP contribution in [0.25, 0.3) is 0 Å². The number of rotatable bonds is 6. The number of pyridine rings is 1. The number of halogens is 6. The molecule has 2 aromatic rings. The fourth-order valence-corrected chi connectivity index (χ4v) is 4.67. The zero-order chi connectivity index (χ0) is 20.5. The highest BCUT2D eigenvalue weighted by Gasteiger charge is 2.37. The highest BCUT2D eigenvalue weighted by Crippen LogP contribution is 2.34. The molecule has 0 saturated heterocycles. The van der Waals surface area contributed by atoms with Crippen LogP contribution in [0, 0.1) is 23.3 Å². The Morgan fingerprint density at radius 3 is 2.33 bits per heavy atom. The van der Waals surface area contributed by atoms with E-state index in [1.807, 2.05) is 0 Å². The lowest BCUT2D eigenvalue weighted by molar-refractivity contribution is -0.137. The summed E-state index contributed by atoms with van der Waals surface area (Å²) in [7, 11) is -5.14. The minimum absolute atomic E-state index is 0.0450. The number of hydrogen-bond acceptors (Lipinski definition) is 4. The molecule has 1 heterocycles. The van der Waals surface area contributed by atoms with Gasteiger partial charge in [-0.2, -0.15) is 4.31 Å². The van der Waals surface area contributed by atoms with Crippen molar-refractivity contribution in [1.82, 2.24) is 9.29 Å². The second kappa shape index (κ2) is 8.09. The van der Waals surface area contributed by atoms with Crippen LogP contribution in [0.5, 0.6) is 0 Å². The first-order valence-corrected chi connectivity index (χ1v) is 9.42. The Morgan fingerprint density at radius 2 is 1.78 bits per heavy atom. The molecule has 6 nitrogen and oxygen atoms in total. The van der Waals surface area contributed by atoms with Crippen LogP contribution in [0.15, 0.2) is 27.7 Å². The maximum Gasteiger partial charge on any atom is 0.318 e. The number of carbonyl (C=O) groups is 1. The molecule has 1 aromatic heterocycles. The smallest absolute Gasteiger partial charge is 0.318 e. The van der Waals surface area contributed by atoms with Gasteiger partial charge in [-0.25, -0.2) is 31.0 Å². The van der Waals surface area contributed by atoms with E-state index < -0.39 is 61.7 Å². The Morgan fingerprint density at radius 1 is 1.19 bits per heavy atom. The molecule has 0 saturated carbocycles. The van der Waals surface area contributed by atoms with Gasteiger partial charge in [-0.3, -0.25) is 4.79 Å². The topological polar surface area (TPSA) is 87.6 Å². The molecule has 0 spiro atoms. The van der Waals surface area contributed by atoms with E-state index in [0.29, 0.717) is 0 Å². The van der Waals surface area contributed by atoms with Gasteiger partial charge in [0.05, 0.1) is 4.47 Å². The maximum absolute atomic E-state index is 14.1. The van der Waals surface area contributed by atoms with Crippen molar-refractivity contribution in [3.8, 4) is 0 Å². The molecule has 0 aliphatic carbocycles. The summed E-state index contributed by atoms with van der Waals surface area (Å²) in [6.45, 7) is -1.89. The highest BCUT2D eigenvalue weighted by molar-refractivity contribution is 9.10. The van der Waals surface area contributed by atoms with E-state index in [9.17, 15) is 30.8 Å². The lowest BCUT2D eigenvalue weighted by atomic mass is 10.3. The third kappa shape index (κ3) is 4.23.